The van der Waals surface area contributed by atoms with Crippen LogP contribution in [0.5, 0.6) is 0 Å². The zero-order valence-electron chi connectivity index (χ0n) is 12.3. The van der Waals surface area contributed by atoms with Gasteiger partial charge in [-0.25, -0.2) is 0 Å². The first-order valence-corrected chi connectivity index (χ1v) is 9.42. The molecule has 2 aliphatic rings. The number of thioether (sulfide) groups is 2. The zero-order valence-corrected chi connectivity index (χ0v) is 15.5. The molecule has 0 amide bonds. The van der Waals surface area contributed by atoms with Gasteiger partial charge in [-0.2, -0.15) is 0 Å². The van der Waals surface area contributed by atoms with Crippen molar-refractivity contribution < 1.29 is 0 Å². The number of thiocarbonyl (C=S) groups is 2. The fourth-order valence-corrected chi connectivity index (χ4v) is 5.74. The molecule has 2 saturated heterocycles. The van der Waals surface area contributed by atoms with Gasteiger partial charge in [-0.1, -0.05) is 48.0 Å². The molecule has 2 fully saturated rings. The van der Waals surface area contributed by atoms with Crippen molar-refractivity contribution in [2.75, 3.05) is 13.1 Å². The van der Waals surface area contributed by atoms with E-state index in [1.165, 1.54) is 0 Å². The summed E-state index contributed by atoms with van der Waals surface area (Å²) in [7, 11) is 0. The first-order valence-electron chi connectivity index (χ1n) is 6.85. The van der Waals surface area contributed by atoms with Crippen LogP contribution in [0.25, 0.3) is 0 Å². The van der Waals surface area contributed by atoms with E-state index in [1.807, 2.05) is 0 Å². The highest BCUT2D eigenvalue weighted by Gasteiger charge is 2.29. The molecule has 20 heavy (non-hydrogen) atoms. The first-order chi connectivity index (χ1) is 9.38. The summed E-state index contributed by atoms with van der Waals surface area (Å²) in [5.41, 5.74) is 0. The maximum Gasteiger partial charge on any atom is 0.139 e. The standard InChI is InChI=1S/C12H22N4S4/c1-7-13-9(3)19-11(17)15(7)5-6-16-8(2)14-10(4)20-12(16)18/h7-10,13-14H,5-6H2,1-4H3/t7-,8+,9-,10-/m1/s1. The Morgan fingerprint density at radius 2 is 1.20 bits per heavy atom. The molecule has 0 spiro atoms. The molecule has 4 nitrogen and oxygen atoms in total. The van der Waals surface area contributed by atoms with Crippen LogP contribution < -0.4 is 10.6 Å². The quantitative estimate of drug-likeness (QED) is 0.749. The lowest BCUT2D eigenvalue weighted by atomic mass is 10.4. The molecular weight excluding hydrogens is 328 g/mol. The molecule has 2 N–H and O–H groups in total. The predicted octanol–water partition coefficient (Wildman–Crippen LogP) is 2.22. The molecule has 0 aromatic rings. The largest absolute Gasteiger partial charge is 0.340 e. The van der Waals surface area contributed by atoms with Crippen LogP contribution in [0.2, 0.25) is 0 Å². The van der Waals surface area contributed by atoms with E-state index in [0.29, 0.717) is 10.7 Å². The number of nitrogens with zero attached hydrogens (tertiary/aromatic N) is 2. The average Bonchev–Trinajstić information content (AvgIpc) is 2.30. The summed E-state index contributed by atoms with van der Waals surface area (Å²) in [5, 5.41) is 7.79. The Morgan fingerprint density at radius 1 is 0.850 bits per heavy atom. The van der Waals surface area contributed by atoms with Crippen LogP contribution in [0.1, 0.15) is 27.7 Å². The van der Waals surface area contributed by atoms with Crippen LogP contribution in [0.15, 0.2) is 0 Å². The lowest BCUT2D eigenvalue weighted by molar-refractivity contribution is 0.223. The fraction of sp³-hybridized carbons (Fsp3) is 0.833. The molecular formula is C12H22N4S4. The van der Waals surface area contributed by atoms with Crippen LogP contribution in [-0.4, -0.2) is 54.6 Å². The molecule has 2 heterocycles. The second-order valence-corrected chi connectivity index (χ2v) is 9.07. The van der Waals surface area contributed by atoms with Crippen LogP contribution in [0.4, 0.5) is 0 Å². The number of nitrogens with one attached hydrogen (secondary N) is 2. The molecule has 0 unspecified atom stereocenters. The third kappa shape index (κ3) is 3.98. The molecule has 0 bridgehead atoms. The third-order valence-corrected chi connectivity index (χ3v) is 6.39. The second-order valence-electron chi connectivity index (χ2n) is 5.12. The van der Waals surface area contributed by atoms with Gasteiger partial charge >= 0.3 is 0 Å². The van der Waals surface area contributed by atoms with Gasteiger partial charge in [0.25, 0.3) is 0 Å². The SMILES string of the molecule is C[C@@H]1N[C@@H](C)N(CCN2C(=S)S[C@H](C)N[C@@H]2C)C(=S)S1. The van der Waals surface area contributed by atoms with Crippen LogP contribution >= 0.6 is 48.0 Å². The van der Waals surface area contributed by atoms with Gasteiger partial charge in [0, 0.05) is 13.1 Å². The summed E-state index contributed by atoms with van der Waals surface area (Å²) in [4.78, 5) is 4.50. The number of hydrogen-bond acceptors (Lipinski definition) is 6. The molecule has 0 radical (unpaired) electrons. The Morgan fingerprint density at radius 3 is 1.50 bits per heavy atom. The van der Waals surface area contributed by atoms with Crippen molar-refractivity contribution in [1.29, 1.82) is 0 Å². The number of hydrogen-bond donors (Lipinski definition) is 2. The molecule has 2 aliphatic heterocycles. The first kappa shape index (κ1) is 16.8. The number of rotatable bonds is 3. The molecule has 0 aromatic heterocycles. The van der Waals surface area contributed by atoms with E-state index in [4.69, 9.17) is 24.4 Å². The fourth-order valence-electron chi connectivity index (χ4n) is 2.47. The third-order valence-electron chi connectivity index (χ3n) is 3.49. The van der Waals surface area contributed by atoms with Crippen molar-refractivity contribution in [3.05, 3.63) is 0 Å². The van der Waals surface area contributed by atoms with E-state index in [9.17, 15) is 0 Å². The van der Waals surface area contributed by atoms with Gasteiger partial charge in [-0.05, 0) is 27.7 Å². The molecule has 0 aliphatic carbocycles. The molecule has 2 rings (SSSR count). The van der Waals surface area contributed by atoms with Crippen LogP contribution in [-0.2, 0) is 0 Å². The molecule has 8 heteroatoms. The zero-order chi connectivity index (χ0) is 14.9. The van der Waals surface area contributed by atoms with Gasteiger partial charge in [-0.15, -0.1) is 0 Å². The Labute approximate surface area is 140 Å². The van der Waals surface area contributed by atoms with Crippen molar-refractivity contribution in [2.45, 2.75) is 50.8 Å². The van der Waals surface area contributed by atoms with E-state index in [-0.39, 0.29) is 12.3 Å². The Kier molecular flexibility index (Phi) is 5.96. The second kappa shape index (κ2) is 7.11. The van der Waals surface area contributed by atoms with Gasteiger partial charge in [0.1, 0.15) is 8.64 Å². The maximum absolute atomic E-state index is 5.50. The predicted molar refractivity (Wildman–Crippen MR) is 97.9 cm³/mol. The molecule has 114 valence electrons. The van der Waals surface area contributed by atoms with Crippen LogP contribution in [0.3, 0.4) is 0 Å². The Balaban J connectivity index is 1.91. The molecule has 4 atom stereocenters. The highest BCUT2D eigenvalue weighted by Crippen LogP contribution is 2.24. The topological polar surface area (TPSA) is 30.5 Å². The highest BCUT2D eigenvalue weighted by molar-refractivity contribution is 8.23. The minimum Gasteiger partial charge on any atom is -0.340 e. The highest BCUT2D eigenvalue weighted by atomic mass is 32.2. The maximum atomic E-state index is 5.50. The van der Waals surface area contributed by atoms with Crippen molar-refractivity contribution in [3.63, 3.8) is 0 Å². The summed E-state index contributed by atoms with van der Waals surface area (Å²) in [6.07, 6.45) is 0.568. The molecule has 0 saturated carbocycles. The Hall–Kier alpha value is 0.400. The van der Waals surface area contributed by atoms with Gasteiger partial charge in [-0.3, -0.25) is 10.6 Å². The summed E-state index contributed by atoms with van der Waals surface area (Å²) >= 11 is 14.4. The summed E-state index contributed by atoms with van der Waals surface area (Å²) < 4.78 is 1.96. The van der Waals surface area contributed by atoms with Crippen LogP contribution in [0, 0.1) is 0 Å². The van der Waals surface area contributed by atoms with E-state index in [2.05, 4.69) is 48.1 Å². The summed E-state index contributed by atoms with van der Waals surface area (Å²) in [6, 6.07) is 0. The monoisotopic (exact) mass is 350 g/mol. The minimum absolute atomic E-state index is 0.284. The minimum atomic E-state index is 0.284. The van der Waals surface area contributed by atoms with Gasteiger partial charge in [0.05, 0.1) is 23.1 Å². The average molecular weight is 351 g/mol. The van der Waals surface area contributed by atoms with Crippen molar-refractivity contribution in [3.8, 4) is 0 Å². The molecule has 0 aromatic carbocycles. The van der Waals surface area contributed by atoms with E-state index >= 15 is 0 Å². The van der Waals surface area contributed by atoms with Gasteiger partial charge in [0.15, 0.2) is 0 Å². The lowest BCUT2D eigenvalue weighted by Gasteiger charge is -2.43. The Bertz CT molecular complexity index is 356. The normalized spacial score (nSPS) is 35.6. The lowest BCUT2D eigenvalue weighted by Crippen LogP contribution is -2.58. The van der Waals surface area contributed by atoms with E-state index in [0.717, 1.165) is 21.7 Å². The van der Waals surface area contributed by atoms with Crippen molar-refractivity contribution >= 4 is 56.6 Å². The van der Waals surface area contributed by atoms with Crippen molar-refractivity contribution in [2.24, 2.45) is 0 Å². The van der Waals surface area contributed by atoms with E-state index < -0.39 is 0 Å². The van der Waals surface area contributed by atoms with Crippen molar-refractivity contribution in [1.82, 2.24) is 20.4 Å². The summed E-state index contributed by atoms with van der Waals surface area (Å²) in [5.74, 6) is 0. The van der Waals surface area contributed by atoms with Gasteiger partial charge < -0.3 is 9.80 Å². The van der Waals surface area contributed by atoms with Gasteiger partial charge in [0.2, 0.25) is 0 Å². The van der Waals surface area contributed by atoms with E-state index in [1.54, 1.807) is 23.5 Å². The summed E-state index contributed by atoms with van der Waals surface area (Å²) in [6.45, 7) is 10.4. The smallest absolute Gasteiger partial charge is 0.139 e.